The summed E-state index contributed by atoms with van der Waals surface area (Å²) >= 11 is 0. The highest BCUT2D eigenvalue weighted by atomic mass is 16.4. The number of anilines is 1. The van der Waals surface area contributed by atoms with E-state index in [0.29, 0.717) is 35.2 Å². The zero-order chi connectivity index (χ0) is 16.2. The Balaban J connectivity index is 1.69. The van der Waals surface area contributed by atoms with E-state index in [4.69, 9.17) is 0 Å². The molecule has 23 heavy (non-hydrogen) atoms. The Morgan fingerprint density at radius 1 is 0.913 bits per heavy atom. The van der Waals surface area contributed by atoms with Crippen LogP contribution in [0.2, 0.25) is 0 Å². The highest BCUT2D eigenvalue weighted by molar-refractivity contribution is 6.34. The third-order valence-corrected chi connectivity index (χ3v) is 4.63. The zero-order valence-electron chi connectivity index (χ0n) is 12.2. The van der Waals surface area contributed by atoms with Crippen LogP contribution in [0.15, 0.2) is 48.5 Å². The van der Waals surface area contributed by atoms with Gasteiger partial charge >= 0.3 is 5.97 Å². The molecule has 0 atom stereocenters. The predicted molar refractivity (Wildman–Crippen MR) is 82.6 cm³/mol. The first-order chi connectivity index (χ1) is 11.0. The minimum atomic E-state index is -0.828. The van der Waals surface area contributed by atoms with E-state index in [1.165, 1.54) is 0 Å². The van der Waals surface area contributed by atoms with Crippen molar-refractivity contribution in [1.29, 1.82) is 0 Å². The van der Waals surface area contributed by atoms with Gasteiger partial charge in [0.05, 0.1) is 22.2 Å². The monoisotopic (exact) mass is 307 g/mol. The molecule has 1 aliphatic carbocycles. The fraction of sp³-hybridized carbons (Fsp3) is 0.167. The van der Waals surface area contributed by atoms with Crippen molar-refractivity contribution in [3.63, 3.8) is 0 Å². The summed E-state index contributed by atoms with van der Waals surface area (Å²) in [7, 11) is 0. The highest BCUT2D eigenvalue weighted by Gasteiger charge is 2.51. The summed E-state index contributed by atoms with van der Waals surface area (Å²) in [6.45, 7) is 0. The molecule has 0 unspecified atom stereocenters. The minimum absolute atomic E-state index is 0.349. The lowest BCUT2D eigenvalue weighted by Crippen LogP contribution is -2.29. The smallest absolute Gasteiger partial charge is 0.314 e. The van der Waals surface area contributed by atoms with Gasteiger partial charge in [-0.2, -0.15) is 0 Å². The zero-order valence-corrected chi connectivity index (χ0v) is 12.2. The molecule has 1 saturated carbocycles. The molecule has 5 nitrogen and oxygen atoms in total. The summed E-state index contributed by atoms with van der Waals surface area (Å²) in [5.41, 5.74) is 1.17. The average Bonchev–Trinajstić information content (AvgIpc) is 3.33. The van der Waals surface area contributed by atoms with E-state index >= 15 is 0 Å². The maximum Gasteiger partial charge on any atom is 0.314 e. The van der Waals surface area contributed by atoms with E-state index in [0.717, 1.165) is 4.90 Å². The Hall–Kier alpha value is -2.95. The lowest BCUT2D eigenvalue weighted by atomic mass is 9.96. The molecule has 0 bridgehead atoms. The number of aliphatic carboxylic acids is 1. The number of carbonyl (C=O) groups is 3. The van der Waals surface area contributed by atoms with Gasteiger partial charge in [-0.1, -0.05) is 24.3 Å². The molecule has 2 amide bonds. The van der Waals surface area contributed by atoms with Crippen molar-refractivity contribution in [2.24, 2.45) is 0 Å². The van der Waals surface area contributed by atoms with Crippen LogP contribution >= 0.6 is 0 Å². The Morgan fingerprint density at radius 2 is 1.43 bits per heavy atom. The number of fused-ring (bicyclic) bond motifs is 1. The van der Waals surface area contributed by atoms with Gasteiger partial charge in [-0.3, -0.25) is 14.4 Å². The summed E-state index contributed by atoms with van der Waals surface area (Å²) in [6, 6.07) is 13.4. The lowest BCUT2D eigenvalue weighted by Gasteiger charge is -2.16. The Kier molecular flexibility index (Phi) is 2.69. The van der Waals surface area contributed by atoms with E-state index in [-0.39, 0.29) is 11.8 Å². The Bertz CT molecular complexity index is 815. The number of carboxylic acids is 1. The van der Waals surface area contributed by atoms with Crippen molar-refractivity contribution >= 4 is 23.5 Å². The molecule has 2 aromatic carbocycles. The maximum atomic E-state index is 12.4. The summed E-state index contributed by atoms with van der Waals surface area (Å²) < 4.78 is 0. The van der Waals surface area contributed by atoms with Gasteiger partial charge in [0.2, 0.25) is 0 Å². The van der Waals surface area contributed by atoms with Crippen molar-refractivity contribution in [2.45, 2.75) is 18.3 Å². The van der Waals surface area contributed by atoms with Gasteiger partial charge in [0.15, 0.2) is 0 Å². The Morgan fingerprint density at radius 3 is 1.87 bits per heavy atom. The fourth-order valence-corrected chi connectivity index (χ4v) is 3.10. The maximum absolute atomic E-state index is 12.4. The molecule has 5 heteroatoms. The van der Waals surface area contributed by atoms with Gasteiger partial charge in [0.1, 0.15) is 0 Å². The Labute approximate surface area is 132 Å². The van der Waals surface area contributed by atoms with Crippen LogP contribution in [0, 0.1) is 0 Å². The molecule has 1 fully saturated rings. The average molecular weight is 307 g/mol. The quantitative estimate of drug-likeness (QED) is 0.884. The van der Waals surface area contributed by atoms with Crippen molar-refractivity contribution in [1.82, 2.24) is 0 Å². The number of rotatable bonds is 3. The molecule has 0 saturated heterocycles. The van der Waals surface area contributed by atoms with Crippen molar-refractivity contribution in [3.05, 3.63) is 65.2 Å². The number of carbonyl (C=O) groups excluding carboxylic acids is 2. The third kappa shape index (κ3) is 1.83. The molecule has 1 heterocycles. The topological polar surface area (TPSA) is 74.7 Å². The molecule has 2 aromatic rings. The fourth-order valence-electron chi connectivity index (χ4n) is 3.10. The van der Waals surface area contributed by atoms with Crippen LogP contribution < -0.4 is 4.90 Å². The second-order valence-corrected chi connectivity index (χ2v) is 5.93. The van der Waals surface area contributed by atoms with Crippen LogP contribution in [-0.4, -0.2) is 22.9 Å². The van der Waals surface area contributed by atoms with Crippen molar-refractivity contribution < 1.29 is 19.5 Å². The van der Waals surface area contributed by atoms with Crippen LogP contribution in [0.25, 0.3) is 0 Å². The number of amides is 2. The van der Waals surface area contributed by atoms with E-state index in [1.807, 2.05) is 0 Å². The summed E-state index contributed by atoms with van der Waals surface area (Å²) in [6.07, 6.45) is 1.24. The molecule has 1 N–H and O–H groups in total. The largest absolute Gasteiger partial charge is 0.481 e. The molecule has 0 spiro atoms. The van der Waals surface area contributed by atoms with E-state index in [9.17, 15) is 19.5 Å². The van der Waals surface area contributed by atoms with Crippen LogP contribution in [-0.2, 0) is 10.2 Å². The summed E-state index contributed by atoms with van der Waals surface area (Å²) in [5, 5.41) is 9.32. The molecule has 0 aromatic heterocycles. The van der Waals surface area contributed by atoms with Crippen molar-refractivity contribution in [3.8, 4) is 0 Å². The van der Waals surface area contributed by atoms with Crippen molar-refractivity contribution in [2.75, 3.05) is 4.90 Å². The third-order valence-electron chi connectivity index (χ3n) is 4.63. The molecule has 1 aliphatic heterocycles. The second-order valence-electron chi connectivity index (χ2n) is 5.93. The number of imide groups is 1. The van der Waals surface area contributed by atoms with Crippen LogP contribution in [0.5, 0.6) is 0 Å². The van der Waals surface area contributed by atoms with Gasteiger partial charge in [0, 0.05) is 0 Å². The minimum Gasteiger partial charge on any atom is -0.481 e. The van der Waals surface area contributed by atoms with Gasteiger partial charge < -0.3 is 5.11 Å². The van der Waals surface area contributed by atoms with E-state index in [2.05, 4.69) is 0 Å². The second kappa shape index (κ2) is 4.52. The van der Waals surface area contributed by atoms with Crippen LogP contribution in [0.4, 0.5) is 5.69 Å². The predicted octanol–water partition coefficient (Wildman–Crippen LogP) is 2.60. The number of hydrogen-bond acceptors (Lipinski definition) is 3. The first-order valence-corrected chi connectivity index (χ1v) is 7.36. The normalized spacial score (nSPS) is 18.0. The van der Waals surface area contributed by atoms with E-state index < -0.39 is 11.4 Å². The standard InChI is InChI=1S/C18H13NO4/c20-15-13-3-1-2-4-14(13)16(21)19(15)12-7-5-11(6-8-12)18(9-10-18)17(22)23/h1-8H,9-10H2,(H,22,23). The number of nitrogens with zero attached hydrogens (tertiary/aromatic N) is 1. The molecule has 4 rings (SSSR count). The molecular weight excluding hydrogens is 294 g/mol. The van der Waals surface area contributed by atoms with E-state index in [1.54, 1.807) is 48.5 Å². The SMILES string of the molecule is O=C1c2ccccc2C(=O)N1c1ccc(C2(C(=O)O)CC2)cc1. The highest BCUT2D eigenvalue weighted by Crippen LogP contribution is 2.48. The number of benzene rings is 2. The molecule has 2 aliphatic rings. The lowest BCUT2D eigenvalue weighted by molar-refractivity contribution is -0.140. The van der Waals surface area contributed by atoms with Gasteiger partial charge in [-0.15, -0.1) is 0 Å². The molecule has 0 radical (unpaired) electrons. The van der Waals surface area contributed by atoms with Crippen LogP contribution in [0.3, 0.4) is 0 Å². The number of carboxylic acid groups (broad SMARTS) is 1. The first-order valence-electron chi connectivity index (χ1n) is 7.36. The molecule has 114 valence electrons. The van der Waals surface area contributed by atoms with Gasteiger partial charge in [-0.05, 0) is 42.7 Å². The van der Waals surface area contributed by atoms with Crippen LogP contribution in [0.1, 0.15) is 39.1 Å². The molecular formula is C18H13NO4. The summed E-state index contributed by atoms with van der Waals surface area (Å²) in [5.74, 6) is -1.53. The first kappa shape index (κ1) is 13.7. The number of hydrogen-bond donors (Lipinski definition) is 1. The van der Waals surface area contributed by atoms with Gasteiger partial charge in [0.25, 0.3) is 11.8 Å². The van der Waals surface area contributed by atoms with Gasteiger partial charge in [-0.25, -0.2) is 4.90 Å². The summed E-state index contributed by atoms with van der Waals surface area (Å²) in [4.78, 5) is 37.3.